The molecule has 2 aliphatic rings. The van der Waals surface area contributed by atoms with Gasteiger partial charge in [0.05, 0.1) is 18.9 Å². The largest absolute Gasteiger partial charge is 0.497 e. The molecule has 8 heteroatoms. The number of hydrogen-bond acceptors (Lipinski definition) is 5. The number of carbonyl (C=O) groups is 4. The number of rotatable bonds is 8. The number of imide groups is 1. The Morgan fingerprint density at radius 2 is 1.65 bits per heavy atom. The van der Waals surface area contributed by atoms with Crippen molar-refractivity contribution in [2.24, 2.45) is 11.8 Å². The standard InChI is InChI=1S/C26H35N3O5/c1-17(23(31)27-26(2,3)4)29(16-18-10-12-19(34-5)13-11-18)22(30)14-15-28-24(32)20-8-6-7-9-21(20)25(28)33/h6-7,10-13,17,20-21H,8-9,14-16H2,1-5H3,(H,27,31)/t17?,20-,21+. The second-order valence-corrected chi connectivity index (χ2v) is 10.0. The van der Waals surface area contributed by atoms with Gasteiger partial charge in [-0.25, -0.2) is 0 Å². The van der Waals surface area contributed by atoms with E-state index in [9.17, 15) is 19.2 Å². The lowest BCUT2D eigenvalue weighted by Gasteiger charge is -2.32. The fourth-order valence-electron chi connectivity index (χ4n) is 4.42. The number of ether oxygens (including phenoxy) is 1. The third-order valence-electron chi connectivity index (χ3n) is 6.33. The van der Waals surface area contributed by atoms with Gasteiger partial charge in [-0.05, 0) is 58.2 Å². The van der Waals surface area contributed by atoms with Gasteiger partial charge in [0.25, 0.3) is 0 Å². The first-order valence-corrected chi connectivity index (χ1v) is 11.8. The number of hydrogen-bond donors (Lipinski definition) is 1. The average molecular weight is 470 g/mol. The monoisotopic (exact) mass is 469 g/mol. The zero-order chi connectivity index (χ0) is 25.0. The number of carbonyl (C=O) groups excluding carboxylic acids is 4. The van der Waals surface area contributed by atoms with E-state index in [1.807, 2.05) is 45.1 Å². The summed E-state index contributed by atoms with van der Waals surface area (Å²) in [5, 5.41) is 2.92. The maximum absolute atomic E-state index is 13.3. The Hall–Kier alpha value is -3.16. The number of benzene rings is 1. The van der Waals surface area contributed by atoms with Gasteiger partial charge >= 0.3 is 0 Å². The predicted molar refractivity (Wildman–Crippen MR) is 128 cm³/mol. The molecule has 34 heavy (non-hydrogen) atoms. The van der Waals surface area contributed by atoms with Gasteiger partial charge in [-0.3, -0.25) is 24.1 Å². The number of nitrogens with zero attached hydrogens (tertiary/aromatic N) is 2. The Morgan fingerprint density at radius 1 is 1.09 bits per heavy atom. The molecule has 4 amide bonds. The van der Waals surface area contributed by atoms with Crippen LogP contribution >= 0.6 is 0 Å². The van der Waals surface area contributed by atoms with Crippen molar-refractivity contribution >= 4 is 23.6 Å². The van der Waals surface area contributed by atoms with Crippen molar-refractivity contribution < 1.29 is 23.9 Å². The third-order valence-corrected chi connectivity index (χ3v) is 6.33. The van der Waals surface area contributed by atoms with Gasteiger partial charge in [0, 0.05) is 25.0 Å². The van der Waals surface area contributed by atoms with Gasteiger partial charge in [0.2, 0.25) is 23.6 Å². The van der Waals surface area contributed by atoms with Gasteiger partial charge in [-0.2, -0.15) is 0 Å². The average Bonchev–Trinajstić information content (AvgIpc) is 3.04. The van der Waals surface area contributed by atoms with E-state index in [1.54, 1.807) is 26.2 Å². The van der Waals surface area contributed by atoms with Crippen molar-refractivity contribution in [1.82, 2.24) is 15.1 Å². The summed E-state index contributed by atoms with van der Waals surface area (Å²) < 4.78 is 5.20. The highest BCUT2D eigenvalue weighted by molar-refractivity contribution is 6.05. The van der Waals surface area contributed by atoms with Gasteiger partial charge in [-0.15, -0.1) is 0 Å². The topological polar surface area (TPSA) is 96.0 Å². The fraction of sp³-hybridized carbons (Fsp3) is 0.538. The lowest BCUT2D eigenvalue weighted by Crippen LogP contribution is -2.52. The molecule has 1 aromatic carbocycles. The molecule has 0 spiro atoms. The van der Waals surface area contributed by atoms with Gasteiger partial charge in [0.15, 0.2) is 0 Å². The molecular weight excluding hydrogens is 434 g/mol. The lowest BCUT2D eigenvalue weighted by atomic mass is 9.85. The highest BCUT2D eigenvalue weighted by Crippen LogP contribution is 2.35. The Bertz CT molecular complexity index is 938. The van der Waals surface area contributed by atoms with Crippen molar-refractivity contribution in [3.8, 4) is 5.75 Å². The minimum atomic E-state index is -0.731. The van der Waals surface area contributed by atoms with Crippen LogP contribution < -0.4 is 10.1 Å². The van der Waals surface area contributed by atoms with E-state index in [1.165, 1.54) is 9.80 Å². The van der Waals surface area contributed by atoms with Crippen molar-refractivity contribution in [2.45, 2.75) is 65.1 Å². The summed E-state index contributed by atoms with van der Waals surface area (Å²) in [7, 11) is 1.58. The van der Waals surface area contributed by atoms with Crippen molar-refractivity contribution in [3.05, 3.63) is 42.0 Å². The number of nitrogens with one attached hydrogen (secondary N) is 1. The summed E-state index contributed by atoms with van der Waals surface area (Å²) >= 11 is 0. The highest BCUT2D eigenvalue weighted by Gasteiger charge is 2.47. The third kappa shape index (κ3) is 5.85. The number of amides is 4. The molecule has 0 bridgehead atoms. The molecule has 0 aromatic heterocycles. The molecule has 3 rings (SSSR count). The molecular formula is C26H35N3O5. The Labute approximate surface area is 201 Å². The Morgan fingerprint density at radius 3 is 2.15 bits per heavy atom. The minimum Gasteiger partial charge on any atom is -0.497 e. The molecule has 1 aliphatic heterocycles. The van der Waals surface area contributed by atoms with Gasteiger partial charge < -0.3 is 15.0 Å². The number of likely N-dealkylation sites (tertiary alicyclic amines) is 1. The van der Waals surface area contributed by atoms with Crippen LogP contribution in [0.3, 0.4) is 0 Å². The summed E-state index contributed by atoms with van der Waals surface area (Å²) in [5.41, 5.74) is 0.397. The summed E-state index contributed by atoms with van der Waals surface area (Å²) in [6.45, 7) is 7.58. The zero-order valence-corrected chi connectivity index (χ0v) is 20.7. The van der Waals surface area contributed by atoms with E-state index in [0.717, 1.165) is 5.56 Å². The maximum atomic E-state index is 13.3. The summed E-state index contributed by atoms with van der Waals surface area (Å²) in [4.78, 5) is 54.4. The van der Waals surface area contributed by atoms with Gasteiger partial charge in [0.1, 0.15) is 11.8 Å². The maximum Gasteiger partial charge on any atom is 0.242 e. The molecule has 1 aliphatic carbocycles. The van der Waals surface area contributed by atoms with Crippen LogP contribution in [0.15, 0.2) is 36.4 Å². The van der Waals surface area contributed by atoms with Crippen molar-refractivity contribution in [2.75, 3.05) is 13.7 Å². The summed E-state index contributed by atoms with van der Waals surface area (Å²) in [5.74, 6) is -0.901. The van der Waals surface area contributed by atoms with Crippen LogP contribution in [0.1, 0.15) is 52.5 Å². The zero-order valence-electron chi connectivity index (χ0n) is 20.7. The predicted octanol–water partition coefficient (Wildman–Crippen LogP) is 2.67. The van der Waals surface area contributed by atoms with E-state index in [0.29, 0.717) is 18.6 Å². The van der Waals surface area contributed by atoms with Crippen LogP contribution in [0.2, 0.25) is 0 Å². The van der Waals surface area contributed by atoms with E-state index in [4.69, 9.17) is 4.74 Å². The molecule has 8 nitrogen and oxygen atoms in total. The summed E-state index contributed by atoms with van der Waals surface area (Å²) in [6, 6.07) is 6.56. The van der Waals surface area contributed by atoms with E-state index in [-0.39, 0.29) is 55.0 Å². The fourth-order valence-corrected chi connectivity index (χ4v) is 4.42. The quantitative estimate of drug-likeness (QED) is 0.467. The van der Waals surface area contributed by atoms with Crippen LogP contribution in [-0.2, 0) is 25.7 Å². The highest BCUT2D eigenvalue weighted by atomic mass is 16.5. The number of methoxy groups -OCH3 is 1. The molecule has 0 saturated carbocycles. The van der Waals surface area contributed by atoms with Gasteiger partial charge in [-0.1, -0.05) is 24.3 Å². The Balaban J connectivity index is 1.73. The molecule has 184 valence electrons. The van der Waals surface area contributed by atoms with Crippen LogP contribution in [0.5, 0.6) is 5.75 Å². The second kappa shape index (κ2) is 10.4. The molecule has 1 saturated heterocycles. The molecule has 1 heterocycles. The lowest BCUT2D eigenvalue weighted by molar-refractivity contribution is -0.144. The summed E-state index contributed by atoms with van der Waals surface area (Å²) in [6.07, 6.45) is 4.97. The second-order valence-electron chi connectivity index (χ2n) is 10.0. The first kappa shape index (κ1) is 25.5. The van der Waals surface area contributed by atoms with E-state index >= 15 is 0 Å². The minimum absolute atomic E-state index is 0.0240. The van der Waals surface area contributed by atoms with Crippen LogP contribution in [0, 0.1) is 11.8 Å². The van der Waals surface area contributed by atoms with Crippen molar-refractivity contribution in [1.29, 1.82) is 0 Å². The van der Waals surface area contributed by atoms with Crippen LogP contribution in [-0.4, -0.2) is 58.7 Å². The van der Waals surface area contributed by atoms with Crippen LogP contribution in [0.4, 0.5) is 0 Å². The number of allylic oxidation sites excluding steroid dienone is 2. The Kier molecular flexibility index (Phi) is 7.79. The smallest absolute Gasteiger partial charge is 0.242 e. The molecule has 3 atom stereocenters. The van der Waals surface area contributed by atoms with Crippen LogP contribution in [0.25, 0.3) is 0 Å². The number of fused-ring (bicyclic) bond motifs is 1. The molecule has 1 aromatic rings. The molecule has 1 unspecified atom stereocenters. The SMILES string of the molecule is COc1ccc(CN(C(=O)CCN2C(=O)[C@H]3CC=CC[C@H]3C2=O)C(C)C(=O)NC(C)(C)C)cc1. The van der Waals surface area contributed by atoms with Crippen molar-refractivity contribution in [3.63, 3.8) is 0 Å². The van der Waals surface area contributed by atoms with E-state index in [2.05, 4.69) is 5.32 Å². The molecule has 0 radical (unpaired) electrons. The molecule has 1 fully saturated rings. The normalized spacial score (nSPS) is 20.7. The van der Waals surface area contributed by atoms with E-state index < -0.39 is 11.6 Å². The molecule has 1 N–H and O–H groups in total. The first-order chi connectivity index (χ1) is 16.0. The first-order valence-electron chi connectivity index (χ1n) is 11.8.